The van der Waals surface area contributed by atoms with Gasteiger partial charge in [0, 0.05) is 6.61 Å². The van der Waals surface area contributed by atoms with E-state index >= 15 is 0 Å². The predicted molar refractivity (Wildman–Crippen MR) is 63.6 cm³/mol. The normalized spacial score (nSPS) is 17.9. The van der Waals surface area contributed by atoms with Gasteiger partial charge in [-0.2, -0.15) is 0 Å². The van der Waals surface area contributed by atoms with Crippen LogP contribution in [-0.2, 0) is 16.1 Å². The van der Waals surface area contributed by atoms with Crippen LogP contribution in [0.2, 0.25) is 0 Å². The van der Waals surface area contributed by atoms with E-state index in [0.29, 0.717) is 12.7 Å². The first-order valence-electron chi connectivity index (χ1n) is 5.73. The number of ether oxygens (including phenoxy) is 4. The van der Waals surface area contributed by atoms with E-state index in [1.165, 1.54) is 0 Å². The number of benzene rings is 1. The minimum atomic E-state index is 0.431. The van der Waals surface area contributed by atoms with Crippen molar-refractivity contribution in [1.29, 1.82) is 0 Å². The van der Waals surface area contributed by atoms with Crippen LogP contribution < -0.4 is 9.47 Å². The van der Waals surface area contributed by atoms with Gasteiger partial charge in [-0.1, -0.05) is 6.07 Å². The van der Waals surface area contributed by atoms with Crippen molar-refractivity contribution in [1.82, 2.24) is 0 Å². The molecule has 4 nitrogen and oxygen atoms in total. The predicted octanol–water partition coefficient (Wildman–Crippen LogP) is 2.01. The molecule has 1 aliphatic rings. The lowest BCUT2D eigenvalue weighted by molar-refractivity contribution is 0.112. The molecule has 1 fully saturated rings. The minimum absolute atomic E-state index is 0.431. The third kappa shape index (κ3) is 3.61. The van der Waals surface area contributed by atoms with Gasteiger partial charge in [0.1, 0.15) is 0 Å². The van der Waals surface area contributed by atoms with E-state index in [1.807, 2.05) is 18.2 Å². The van der Waals surface area contributed by atoms with Crippen LogP contribution in [0.25, 0.3) is 0 Å². The lowest BCUT2D eigenvalue weighted by Crippen LogP contribution is -1.99. The molecular formula is C13H18O4. The fourth-order valence-electron chi connectivity index (χ4n) is 1.61. The van der Waals surface area contributed by atoms with Crippen molar-refractivity contribution in [2.24, 2.45) is 0 Å². The Morgan fingerprint density at radius 1 is 1.24 bits per heavy atom. The SMILES string of the molecule is COc1ccc(COCC[C@H]2CO2)cc1OC. The lowest BCUT2D eigenvalue weighted by Gasteiger charge is -2.09. The van der Waals surface area contributed by atoms with Crippen molar-refractivity contribution in [3.8, 4) is 11.5 Å². The summed E-state index contributed by atoms with van der Waals surface area (Å²) in [4.78, 5) is 0. The quantitative estimate of drug-likeness (QED) is 0.538. The zero-order chi connectivity index (χ0) is 12.1. The Morgan fingerprint density at radius 2 is 2.00 bits per heavy atom. The van der Waals surface area contributed by atoms with Crippen molar-refractivity contribution in [2.45, 2.75) is 19.1 Å². The van der Waals surface area contributed by atoms with Crippen LogP contribution in [0, 0.1) is 0 Å². The zero-order valence-electron chi connectivity index (χ0n) is 10.3. The maximum Gasteiger partial charge on any atom is 0.161 e. The standard InChI is InChI=1S/C13H18O4/c1-14-12-4-3-10(7-13(12)15-2)8-16-6-5-11-9-17-11/h3-4,7,11H,5-6,8-9H2,1-2H3/t11-/m0/s1. The smallest absolute Gasteiger partial charge is 0.161 e. The Hall–Kier alpha value is -1.26. The largest absolute Gasteiger partial charge is 0.493 e. The van der Waals surface area contributed by atoms with Crippen molar-refractivity contribution < 1.29 is 18.9 Å². The molecule has 1 heterocycles. The van der Waals surface area contributed by atoms with Crippen LogP contribution in [-0.4, -0.2) is 33.5 Å². The number of epoxide rings is 1. The highest BCUT2D eigenvalue weighted by molar-refractivity contribution is 5.42. The Balaban J connectivity index is 1.82. The Labute approximate surface area is 101 Å². The van der Waals surface area contributed by atoms with Gasteiger partial charge in [-0.15, -0.1) is 0 Å². The van der Waals surface area contributed by atoms with Crippen LogP contribution in [0.3, 0.4) is 0 Å². The van der Waals surface area contributed by atoms with Gasteiger partial charge in [-0.05, 0) is 24.1 Å². The van der Waals surface area contributed by atoms with Crippen molar-refractivity contribution in [3.63, 3.8) is 0 Å². The first-order chi connectivity index (χ1) is 8.33. The molecule has 0 amide bonds. The molecule has 1 aromatic rings. The molecule has 1 aliphatic heterocycles. The summed E-state index contributed by atoms with van der Waals surface area (Å²) in [6.45, 7) is 2.21. The van der Waals surface area contributed by atoms with Gasteiger partial charge in [-0.25, -0.2) is 0 Å². The van der Waals surface area contributed by atoms with Crippen LogP contribution in [0.4, 0.5) is 0 Å². The third-order valence-electron chi connectivity index (χ3n) is 2.70. The first-order valence-corrected chi connectivity index (χ1v) is 5.73. The second kappa shape index (κ2) is 5.89. The second-order valence-corrected chi connectivity index (χ2v) is 3.99. The van der Waals surface area contributed by atoms with E-state index in [-0.39, 0.29) is 0 Å². The highest BCUT2D eigenvalue weighted by atomic mass is 16.6. The first kappa shape index (κ1) is 12.2. The van der Waals surface area contributed by atoms with E-state index in [9.17, 15) is 0 Å². The molecule has 4 heteroatoms. The monoisotopic (exact) mass is 238 g/mol. The summed E-state index contributed by atoms with van der Waals surface area (Å²) < 4.78 is 21.1. The highest BCUT2D eigenvalue weighted by Gasteiger charge is 2.21. The minimum Gasteiger partial charge on any atom is -0.493 e. The van der Waals surface area contributed by atoms with Gasteiger partial charge in [-0.3, -0.25) is 0 Å². The topological polar surface area (TPSA) is 40.2 Å². The van der Waals surface area contributed by atoms with Crippen molar-refractivity contribution in [2.75, 3.05) is 27.4 Å². The van der Waals surface area contributed by atoms with Gasteiger partial charge in [0.05, 0.1) is 33.5 Å². The Kier molecular flexibility index (Phi) is 4.23. The fourth-order valence-corrected chi connectivity index (χ4v) is 1.61. The summed E-state index contributed by atoms with van der Waals surface area (Å²) in [5, 5.41) is 0. The number of methoxy groups -OCH3 is 2. The summed E-state index contributed by atoms with van der Waals surface area (Å²) in [5.74, 6) is 1.47. The zero-order valence-corrected chi connectivity index (χ0v) is 10.3. The molecule has 0 unspecified atom stereocenters. The molecule has 0 radical (unpaired) electrons. The molecule has 2 rings (SSSR count). The van der Waals surface area contributed by atoms with Gasteiger partial charge in [0.25, 0.3) is 0 Å². The molecule has 17 heavy (non-hydrogen) atoms. The van der Waals surface area contributed by atoms with Gasteiger partial charge < -0.3 is 18.9 Å². The van der Waals surface area contributed by atoms with E-state index in [1.54, 1.807) is 14.2 Å². The molecule has 0 aliphatic carbocycles. The highest BCUT2D eigenvalue weighted by Crippen LogP contribution is 2.27. The maximum absolute atomic E-state index is 5.57. The molecule has 1 saturated heterocycles. The summed E-state index contributed by atoms with van der Waals surface area (Å²) in [7, 11) is 3.26. The van der Waals surface area contributed by atoms with Gasteiger partial charge in [0.2, 0.25) is 0 Å². The summed E-state index contributed by atoms with van der Waals surface area (Å²) in [5.41, 5.74) is 1.08. The van der Waals surface area contributed by atoms with Crippen molar-refractivity contribution in [3.05, 3.63) is 23.8 Å². The van der Waals surface area contributed by atoms with Crippen LogP contribution in [0.15, 0.2) is 18.2 Å². The lowest BCUT2D eigenvalue weighted by atomic mass is 10.2. The summed E-state index contributed by atoms with van der Waals surface area (Å²) >= 11 is 0. The third-order valence-corrected chi connectivity index (χ3v) is 2.70. The van der Waals surface area contributed by atoms with Crippen LogP contribution in [0.1, 0.15) is 12.0 Å². The molecule has 0 bridgehead atoms. The number of rotatable bonds is 7. The van der Waals surface area contributed by atoms with Gasteiger partial charge in [0.15, 0.2) is 11.5 Å². The molecular weight excluding hydrogens is 220 g/mol. The average molecular weight is 238 g/mol. The van der Waals surface area contributed by atoms with E-state index in [2.05, 4.69) is 0 Å². The average Bonchev–Trinajstić information content (AvgIpc) is 3.18. The fraction of sp³-hybridized carbons (Fsp3) is 0.538. The second-order valence-electron chi connectivity index (χ2n) is 3.99. The Morgan fingerprint density at radius 3 is 2.65 bits per heavy atom. The molecule has 0 N–H and O–H groups in total. The number of hydrogen-bond donors (Lipinski definition) is 0. The molecule has 0 spiro atoms. The molecule has 0 aromatic heterocycles. The summed E-state index contributed by atoms with van der Waals surface area (Å²) in [6, 6.07) is 5.81. The molecule has 0 saturated carbocycles. The van der Waals surface area contributed by atoms with Crippen molar-refractivity contribution >= 4 is 0 Å². The van der Waals surface area contributed by atoms with E-state index in [0.717, 1.165) is 36.7 Å². The molecule has 94 valence electrons. The molecule has 1 aromatic carbocycles. The van der Waals surface area contributed by atoms with Crippen LogP contribution in [0.5, 0.6) is 11.5 Å². The van der Waals surface area contributed by atoms with Crippen LogP contribution >= 0.6 is 0 Å². The van der Waals surface area contributed by atoms with E-state index < -0.39 is 0 Å². The van der Waals surface area contributed by atoms with E-state index in [4.69, 9.17) is 18.9 Å². The Bertz CT molecular complexity index is 360. The summed E-state index contributed by atoms with van der Waals surface area (Å²) in [6.07, 6.45) is 1.41. The number of hydrogen-bond acceptors (Lipinski definition) is 4. The maximum atomic E-state index is 5.57. The molecule has 1 atom stereocenters. The van der Waals surface area contributed by atoms with Gasteiger partial charge >= 0.3 is 0 Å².